The minimum Gasteiger partial charge on any atom is -0.316 e. The second kappa shape index (κ2) is 10.1. The molecule has 3 aromatic carbocycles. The van der Waals surface area contributed by atoms with E-state index in [1.54, 1.807) is 6.07 Å². The molecule has 3 aromatic rings. The molecule has 1 atom stereocenters. The molecule has 0 aromatic heterocycles. The average molecular weight is 528 g/mol. The van der Waals surface area contributed by atoms with E-state index in [0.717, 1.165) is 43.7 Å². The smallest absolute Gasteiger partial charge is 0.175 e. The van der Waals surface area contributed by atoms with Crippen LogP contribution in [0.2, 0.25) is 10.0 Å². The molecule has 0 saturated carbocycles. The first kappa shape index (κ1) is 24.5. The van der Waals surface area contributed by atoms with Crippen molar-refractivity contribution in [3.8, 4) is 0 Å². The summed E-state index contributed by atoms with van der Waals surface area (Å²) in [5.74, 6) is 0.208. The predicted octanol–water partition coefficient (Wildman–Crippen LogP) is 5.96. The summed E-state index contributed by atoms with van der Waals surface area (Å²) < 4.78 is 25.1. The van der Waals surface area contributed by atoms with Crippen molar-refractivity contribution < 1.29 is 8.42 Å². The summed E-state index contributed by atoms with van der Waals surface area (Å²) in [5, 5.41) is 4.81. The highest BCUT2D eigenvalue weighted by atomic mass is 35.5. The molecule has 0 radical (unpaired) electrons. The summed E-state index contributed by atoms with van der Waals surface area (Å²) in [7, 11) is -3.31. The quantitative estimate of drug-likeness (QED) is 0.430. The fourth-order valence-electron chi connectivity index (χ4n) is 5.22. The Kier molecular flexibility index (Phi) is 7.06. The lowest BCUT2D eigenvalue weighted by Gasteiger charge is -2.41. The molecule has 2 heterocycles. The Morgan fingerprint density at radius 3 is 2.06 bits per heavy atom. The van der Waals surface area contributed by atoms with Gasteiger partial charge in [0, 0.05) is 35.9 Å². The third-order valence-electron chi connectivity index (χ3n) is 6.88. The van der Waals surface area contributed by atoms with Gasteiger partial charge in [0.2, 0.25) is 0 Å². The summed E-state index contributed by atoms with van der Waals surface area (Å²) >= 11 is 12.3. The van der Waals surface area contributed by atoms with Gasteiger partial charge in [-0.3, -0.25) is 4.90 Å². The topological polar surface area (TPSA) is 49.4 Å². The number of likely N-dealkylation sites (tertiary alicyclic amines) is 1. The number of rotatable bonds is 6. The summed E-state index contributed by atoms with van der Waals surface area (Å²) in [5.41, 5.74) is 5.61. The minimum absolute atomic E-state index is 0.0857. The zero-order valence-electron chi connectivity index (χ0n) is 19.5. The third-order valence-corrected chi connectivity index (χ3v) is 8.54. The molecule has 2 aliphatic rings. The lowest BCUT2D eigenvalue weighted by atomic mass is 9.89. The zero-order valence-corrected chi connectivity index (χ0v) is 21.9. The second-order valence-electron chi connectivity index (χ2n) is 9.43. The monoisotopic (exact) mass is 526 g/mol. The SMILES string of the molecule is CS(=O)(=O)c1cccc(C=C2CN(C(c3ccc(Cl)cc3)c3ccc(Cl)cc3)C2)c1C1CCNC1. The van der Waals surface area contributed by atoms with Crippen LogP contribution in [0, 0.1) is 0 Å². The van der Waals surface area contributed by atoms with E-state index >= 15 is 0 Å². The Balaban J connectivity index is 1.46. The van der Waals surface area contributed by atoms with Gasteiger partial charge in [-0.1, -0.05) is 65.7 Å². The van der Waals surface area contributed by atoms with E-state index in [1.807, 2.05) is 36.4 Å². The van der Waals surface area contributed by atoms with Crippen molar-refractivity contribution in [3.63, 3.8) is 0 Å². The maximum Gasteiger partial charge on any atom is 0.175 e. The lowest BCUT2D eigenvalue weighted by Crippen LogP contribution is -2.43. The van der Waals surface area contributed by atoms with Crippen molar-refractivity contribution in [1.82, 2.24) is 10.2 Å². The van der Waals surface area contributed by atoms with Crippen molar-refractivity contribution in [2.24, 2.45) is 0 Å². The van der Waals surface area contributed by atoms with Crippen LogP contribution in [0.4, 0.5) is 0 Å². The van der Waals surface area contributed by atoms with Crippen molar-refractivity contribution in [1.29, 1.82) is 0 Å². The first-order valence-electron chi connectivity index (χ1n) is 11.8. The largest absolute Gasteiger partial charge is 0.316 e. The average Bonchev–Trinajstić information content (AvgIpc) is 3.33. The Hall–Kier alpha value is -2.15. The van der Waals surface area contributed by atoms with Gasteiger partial charge in [0.1, 0.15) is 0 Å². The minimum atomic E-state index is -3.31. The Morgan fingerprint density at radius 1 is 0.943 bits per heavy atom. The Morgan fingerprint density at radius 2 is 1.54 bits per heavy atom. The van der Waals surface area contributed by atoms with Crippen molar-refractivity contribution in [2.75, 3.05) is 32.4 Å². The molecule has 0 spiro atoms. The van der Waals surface area contributed by atoms with Gasteiger partial charge in [-0.05, 0) is 77.0 Å². The highest BCUT2D eigenvalue weighted by molar-refractivity contribution is 7.90. The number of benzene rings is 3. The molecular weight excluding hydrogens is 499 g/mol. The van der Waals surface area contributed by atoms with Gasteiger partial charge in [-0.2, -0.15) is 0 Å². The Bertz CT molecular complexity index is 1290. The summed E-state index contributed by atoms with van der Waals surface area (Å²) in [6, 6.07) is 21.7. The van der Waals surface area contributed by atoms with Crippen LogP contribution in [0.5, 0.6) is 0 Å². The van der Waals surface area contributed by atoms with Crippen LogP contribution >= 0.6 is 23.2 Å². The van der Waals surface area contributed by atoms with Gasteiger partial charge < -0.3 is 5.32 Å². The standard InChI is InChI=1S/C28H28Cl2N2O2S/c1-35(33,34)26-4-2-3-22(27(26)23-13-14-31-16-23)15-19-17-32(18-19)28(20-5-9-24(29)10-6-20)21-7-11-25(30)12-8-21/h2-12,15,23,28,31H,13-14,16-18H2,1H3. The zero-order chi connectivity index (χ0) is 24.6. The number of halogens is 2. The lowest BCUT2D eigenvalue weighted by molar-refractivity contribution is 0.203. The molecule has 0 aliphatic carbocycles. The summed E-state index contributed by atoms with van der Waals surface area (Å²) in [6.07, 6.45) is 4.45. The number of nitrogens with one attached hydrogen (secondary N) is 1. The normalized spacial score (nSPS) is 18.6. The van der Waals surface area contributed by atoms with E-state index in [0.29, 0.717) is 14.9 Å². The molecule has 2 fully saturated rings. The second-order valence-corrected chi connectivity index (χ2v) is 12.3. The molecule has 1 unspecified atom stereocenters. The van der Waals surface area contributed by atoms with E-state index < -0.39 is 9.84 Å². The number of nitrogens with zero attached hydrogens (tertiary/aromatic N) is 1. The first-order chi connectivity index (χ1) is 16.8. The summed E-state index contributed by atoms with van der Waals surface area (Å²) in [4.78, 5) is 2.87. The molecule has 0 amide bonds. The van der Waals surface area contributed by atoms with Gasteiger partial charge in [0.05, 0.1) is 10.9 Å². The maximum absolute atomic E-state index is 12.6. The molecule has 7 heteroatoms. The Labute approximate surface area is 217 Å². The van der Waals surface area contributed by atoms with Gasteiger partial charge in [-0.25, -0.2) is 8.42 Å². The fourth-order valence-corrected chi connectivity index (χ4v) is 6.48. The van der Waals surface area contributed by atoms with Crippen LogP contribution in [0.15, 0.2) is 77.2 Å². The first-order valence-corrected chi connectivity index (χ1v) is 14.4. The van der Waals surface area contributed by atoms with E-state index in [-0.39, 0.29) is 12.0 Å². The van der Waals surface area contributed by atoms with Crippen molar-refractivity contribution in [3.05, 3.63) is 105 Å². The van der Waals surface area contributed by atoms with Crippen LogP contribution in [0.1, 0.15) is 40.6 Å². The van der Waals surface area contributed by atoms with Crippen LogP contribution in [0.25, 0.3) is 6.08 Å². The van der Waals surface area contributed by atoms with Gasteiger partial charge in [0.25, 0.3) is 0 Å². The molecule has 2 aliphatic heterocycles. The van der Waals surface area contributed by atoms with Gasteiger partial charge in [0.15, 0.2) is 9.84 Å². The fraction of sp³-hybridized carbons (Fsp3) is 0.286. The number of sulfone groups is 1. The van der Waals surface area contributed by atoms with Gasteiger partial charge in [-0.15, -0.1) is 0 Å². The molecule has 2 saturated heterocycles. The van der Waals surface area contributed by atoms with Crippen LogP contribution in [-0.4, -0.2) is 45.8 Å². The summed E-state index contributed by atoms with van der Waals surface area (Å²) in [6.45, 7) is 3.34. The van der Waals surface area contributed by atoms with E-state index in [9.17, 15) is 8.42 Å². The molecule has 182 valence electrons. The maximum atomic E-state index is 12.6. The van der Waals surface area contributed by atoms with Crippen molar-refractivity contribution in [2.45, 2.75) is 23.3 Å². The predicted molar refractivity (Wildman–Crippen MR) is 144 cm³/mol. The van der Waals surface area contributed by atoms with E-state index in [2.05, 4.69) is 40.6 Å². The molecule has 1 N–H and O–H groups in total. The molecular formula is C28H28Cl2N2O2S. The number of hydrogen-bond acceptors (Lipinski definition) is 4. The molecule has 0 bridgehead atoms. The van der Waals surface area contributed by atoms with E-state index in [4.69, 9.17) is 23.2 Å². The molecule has 35 heavy (non-hydrogen) atoms. The van der Waals surface area contributed by atoms with E-state index in [1.165, 1.54) is 23.0 Å². The van der Waals surface area contributed by atoms with Gasteiger partial charge >= 0.3 is 0 Å². The number of hydrogen-bond donors (Lipinski definition) is 1. The van der Waals surface area contributed by atoms with Crippen LogP contribution in [-0.2, 0) is 9.84 Å². The van der Waals surface area contributed by atoms with Crippen molar-refractivity contribution >= 4 is 39.1 Å². The van der Waals surface area contributed by atoms with Crippen LogP contribution in [0.3, 0.4) is 0 Å². The molecule has 5 rings (SSSR count). The van der Waals surface area contributed by atoms with Crippen LogP contribution < -0.4 is 5.32 Å². The molecule has 4 nitrogen and oxygen atoms in total. The highest BCUT2D eigenvalue weighted by Gasteiger charge is 2.31. The third kappa shape index (κ3) is 5.35. The highest BCUT2D eigenvalue weighted by Crippen LogP contribution is 2.38.